The highest BCUT2D eigenvalue weighted by Gasteiger charge is 2.16. The van der Waals surface area contributed by atoms with E-state index in [0.29, 0.717) is 24.0 Å². The SMILES string of the molecule is O=C1CCc2cc(-c3ccc(F)cc3F)ccc2N1. The molecule has 1 amide bonds. The fourth-order valence-electron chi connectivity index (χ4n) is 2.27. The second kappa shape index (κ2) is 4.46. The van der Waals surface area contributed by atoms with E-state index in [9.17, 15) is 13.6 Å². The first-order valence-corrected chi connectivity index (χ1v) is 6.02. The molecule has 2 nitrogen and oxygen atoms in total. The summed E-state index contributed by atoms with van der Waals surface area (Å²) in [7, 11) is 0. The quantitative estimate of drug-likeness (QED) is 0.834. The van der Waals surface area contributed by atoms with E-state index in [0.717, 1.165) is 17.3 Å². The van der Waals surface area contributed by atoms with E-state index in [1.54, 1.807) is 12.1 Å². The van der Waals surface area contributed by atoms with Gasteiger partial charge in [0.1, 0.15) is 11.6 Å². The van der Waals surface area contributed by atoms with Crippen LogP contribution in [0.5, 0.6) is 0 Å². The van der Waals surface area contributed by atoms with Crippen molar-refractivity contribution in [2.24, 2.45) is 0 Å². The molecule has 0 saturated carbocycles. The molecule has 0 unspecified atom stereocenters. The van der Waals surface area contributed by atoms with Crippen molar-refractivity contribution in [3.63, 3.8) is 0 Å². The van der Waals surface area contributed by atoms with Gasteiger partial charge in [0, 0.05) is 23.7 Å². The van der Waals surface area contributed by atoms with E-state index in [1.165, 1.54) is 12.1 Å². The maximum Gasteiger partial charge on any atom is 0.224 e. The number of carbonyl (C=O) groups excluding carboxylic acids is 1. The summed E-state index contributed by atoms with van der Waals surface area (Å²) < 4.78 is 26.6. The summed E-state index contributed by atoms with van der Waals surface area (Å²) in [5.41, 5.74) is 2.79. The molecule has 0 spiro atoms. The van der Waals surface area contributed by atoms with Gasteiger partial charge in [-0.1, -0.05) is 6.07 Å². The van der Waals surface area contributed by atoms with Gasteiger partial charge in [0.05, 0.1) is 0 Å². The van der Waals surface area contributed by atoms with Gasteiger partial charge in [-0.15, -0.1) is 0 Å². The molecule has 4 heteroatoms. The molecule has 1 aliphatic heterocycles. The van der Waals surface area contributed by atoms with Crippen molar-refractivity contribution >= 4 is 11.6 Å². The summed E-state index contributed by atoms with van der Waals surface area (Å²) in [6, 6.07) is 8.85. The number of fused-ring (bicyclic) bond motifs is 1. The molecule has 0 atom stereocenters. The normalized spacial score (nSPS) is 13.9. The lowest BCUT2D eigenvalue weighted by molar-refractivity contribution is -0.116. The third-order valence-corrected chi connectivity index (χ3v) is 3.24. The second-order valence-electron chi connectivity index (χ2n) is 4.54. The van der Waals surface area contributed by atoms with Crippen LogP contribution in [0.15, 0.2) is 36.4 Å². The molecule has 3 rings (SSSR count). The summed E-state index contributed by atoms with van der Waals surface area (Å²) in [5.74, 6) is -1.18. The molecule has 0 bridgehead atoms. The number of benzene rings is 2. The number of halogens is 2. The highest BCUT2D eigenvalue weighted by atomic mass is 19.1. The maximum atomic E-state index is 13.7. The lowest BCUT2D eigenvalue weighted by atomic mass is 9.97. The van der Waals surface area contributed by atoms with E-state index in [4.69, 9.17) is 0 Å². The van der Waals surface area contributed by atoms with Gasteiger partial charge < -0.3 is 5.32 Å². The van der Waals surface area contributed by atoms with Gasteiger partial charge in [0.2, 0.25) is 5.91 Å². The van der Waals surface area contributed by atoms with Crippen molar-refractivity contribution in [3.05, 3.63) is 53.6 Å². The van der Waals surface area contributed by atoms with Crippen LogP contribution in [-0.2, 0) is 11.2 Å². The maximum absolute atomic E-state index is 13.7. The Bertz CT molecular complexity index is 667. The molecule has 1 heterocycles. The molecule has 0 aliphatic carbocycles. The number of aryl methyl sites for hydroxylation is 1. The van der Waals surface area contributed by atoms with E-state index in [-0.39, 0.29) is 5.91 Å². The largest absolute Gasteiger partial charge is 0.326 e. The Morgan fingerprint density at radius 2 is 1.84 bits per heavy atom. The van der Waals surface area contributed by atoms with E-state index in [1.807, 2.05) is 6.07 Å². The summed E-state index contributed by atoms with van der Waals surface area (Å²) in [6.45, 7) is 0. The van der Waals surface area contributed by atoms with Crippen molar-refractivity contribution in [2.45, 2.75) is 12.8 Å². The van der Waals surface area contributed by atoms with Crippen LogP contribution < -0.4 is 5.32 Å². The minimum absolute atomic E-state index is 0.00628. The van der Waals surface area contributed by atoms with Gasteiger partial charge in [0.25, 0.3) is 0 Å². The molecule has 1 aliphatic rings. The number of amides is 1. The highest BCUT2D eigenvalue weighted by molar-refractivity contribution is 5.94. The molecular formula is C15H11F2NO. The molecule has 1 N–H and O–H groups in total. The van der Waals surface area contributed by atoms with Gasteiger partial charge in [0.15, 0.2) is 0 Å². The number of carbonyl (C=O) groups is 1. The minimum Gasteiger partial charge on any atom is -0.326 e. The van der Waals surface area contributed by atoms with Crippen LogP contribution in [0.1, 0.15) is 12.0 Å². The second-order valence-corrected chi connectivity index (χ2v) is 4.54. The Kier molecular flexibility index (Phi) is 2.78. The minimum atomic E-state index is -0.591. The average molecular weight is 259 g/mol. The van der Waals surface area contributed by atoms with Crippen LogP contribution in [0.2, 0.25) is 0 Å². The number of rotatable bonds is 1. The molecule has 2 aromatic carbocycles. The van der Waals surface area contributed by atoms with Crippen molar-refractivity contribution in [1.82, 2.24) is 0 Å². The van der Waals surface area contributed by atoms with Crippen molar-refractivity contribution in [1.29, 1.82) is 0 Å². The third kappa shape index (κ3) is 2.21. The number of hydrogen-bond donors (Lipinski definition) is 1. The topological polar surface area (TPSA) is 29.1 Å². The monoisotopic (exact) mass is 259 g/mol. The van der Waals surface area contributed by atoms with E-state index >= 15 is 0 Å². The van der Waals surface area contributed by atoms with Crippen LogP contribution in [0.4, 0.5) is 14.5 Å². The molecule has 0 saturated heterocycles. The fraction of sp³-hybridized carbons (Fsp3) is 0.133. The summed E-state index contributed by atoms with van der Waals surface area (Å²) >= 11 is 0. The van der Waals surface area contributed by atoms with Crippen LogP contribution >= 0.6 is 0 Å². The molecule has 2 aromatic rings. The predicted octanol–water partition coefficient (Wildman–Crippen LogP) is 3.52. The predicted molar refractivity (Wildman–Crippen MR) is 68.7 cm³/mol. The van der Waals surface area contributed by atoms with Gasteiger partial charge >= 0.3 is 0 Å². The van der Waals surface area contributed by atoms with Crippen LogP contribution in [0.3, 0.4) is 0 Å². The first-order valence-electron chi connectivity index (χ1n) is 6.02. The molecular weight excluding hydrogens is 248 g/mol. The fourth-order valence-corrected chi connectivity index (χ4v) is 2.27. The summed E-state index contributed by atoms with van der Waals surface area (Å²) in [4.78, 5) is 11.3. The summed E-state index contributed by atoms with van der Waals surface area (Å²) in [5, 5.41) is 2.77. The van der Waals surface area contributed by atoms with Crippen molar-refractivity contribution in [2.75, 3.05) is 5.32 Å². The number of nitrogens with one attached hydrogen (secondary N) is 1. The van der Waals surface area contributed by atoms with Crippen LogP contribution in [0.25, 0.3) is 11.1 Å². The number of anilines is 1. The Morgan fingerprint density at radius 1 is 1.00 bits per heavy atom. The van der Waals surface area contributed by atoms with Crippen LogP contribution in [0, 0.1) is 11.6 Å². The van der Waals surface area contributed by atoms with E-state index < -0.39 is 11.6 Å². The zero-order valence-electron chi connectivity index (χ0n) is 10.0. The summed E-state index contributed by atoms with van der Waals surface area (Å²) in [6.07, 6.45) is 1.07. The number of hydrogen-bond acceptors (Lipinski definition) is 1. The zero-order chi connectivity index (χ0) is 13.4. The molecule has 0 radical (unpaired) electrons. The highest BCUT2D eigenvalue weighted by Crippen LogP contribution is 2.30. The van der Waals surface area contributed by atoms with Gasteiger partial charge in [-0.05, 0) is 41.8 Å². The average Bonchev–Trinajstić information content (AvgIpc) is 2.38. The van der Waals surface area contributed by atoms with Crippen molar-refractivity contribution in [3.8, 4) is 11.1 Å². The van der Waals surface area contributed by atoms with Crippen LogP contribution in [-0.4, -0.2) is 5.91 Å². The molecule has 96 valence electrons. The molecule has 0 fully saturated rings. The van der Waals surface area contributed by atoms with Gasteiger partial charge in [-0.3, -0.25) is 4.79 Å². The van der Waals surface area contributed by atoms with Crippen molar-refractivity contribution < 1.29 is 13.6 Å². The Morgan fingerprint density at radius 3 is 2.63 bits per heavy atom. The first kappa shape index (κ1) is 11.8. The van der Waals surface area contributed by atoms with Gasteiger partial charge in [-0.25, -0.2) is 8.78 Å². The zero-order valence-corrected chi connectivity index (χ0v) is 10.0. The Hall–Kier alpha value is -2.23. The Labute approximate surface area is 109 Å². The molecule has 19 heavy (non-hydrogen) atoms. The lowest BCUT2D eigenvalue weighted by Crippen LogP contribution is -2.18. The van der Waals surface area contributed by atoms with Gasteiger partial charge in [-0.2, -0.15) is 0 Å². The Balaban J connectivity index is 2.04. The third-order valence-electron chi connectivity index (χ3n) is 3.24. The standard InChI is InChI=1S/C15H11F2NO/c16-11-3-4-12(13(17)8-11)9-1-5-14-10(7-9)2-6-15(19)18-14/h1,3-5,7-8H,2,6H2,(H,18,19). The lowest BCUT2D eigenvalue weighted by Gasteiger charge is -2.17. The molecule has 0 aromatic heterocycles. The smallest absolute Gasteiger partial charge is 0.224 e. The first-order chi connectivity index (χ1) is 9.13. The van der Waals surface area contributed by atoms with E-state index in [2.05, 4.69) is 5.32 Å².